The first-order valence-electron chi connectivity index (χ1n) is 11.2. The average molecular weight is 445 g/mol. The molecule has 5 heteroatoms. The molecule has 0 aliphatic heterocycles. The van der Waals surface area contributed by atoms with Gasteiger partial charge in [-0.15, -0.1) is 22.7 Å². The van der Waals surface area contributed by atoms with Gasteiger partial charge in [0.25, 0.3) is 0 Å². The van der Waals surface area contributed by atoms with Crippen molar-refractivity contribution in [3.8, 4) is 11.5 Å². The summed E-state index contributed by atoms with van der Waals surface area (Å²) in [5.74, 6) is 1.07. The second-order valence-corrected chi connectivity index (χ2v) is 10.1. The maximum absolute atomic E-state index is 12.5. The molecule has 3 rings (SSSR count). The van der Waals surface area contributed by atoms with Crippen molar-refractivity contribution >= 4 is 38.0 Å². The number of hydrogen-bond acceptors (Lipinski definition) is 5. The first-order chi connectivity index (χ1) is 14.7. The first kappa shape index (κ1) is 22.8. The third-order valence-corrected chi connectivity index (χ3v) is 7.47. The Kier molecular flexibility index (Phi) is 9.22. The highest BCUT2D eigenvalue weighted by Crippen LogP contribution is 2.35. The van der Waals surface area contributed by atoms with Gasteiger partial charge in [-0.05, 0) is 55.7 Å². The van der Waals surface area contributed by atoms with E-state index >= 15 is 0 Å². The van der Waals surface area contributed by atoms with Gasteiger partial charge in [-0.25, -0.2) is 4.79 Å². The van der Waals surface area contributed by atoms with E-state index in [1.165, 1.54) is 65.2 Å². The smallest absolute Gasteiger partial charge is 0.353 e. The Morgan fingerprint density at radius 1 is 0.833 bits per heavy atom. The predicted octanol–water partition coefficient (Wildman–Crippen LogP) is 8.26. The van der Waals surface area contributed by atoms with E-state index < -0.39 is 0 Å². The second kappa shape index (κ2) is 12.1. The average Bonchev–Trinajstić information content (AvgIpc) is 3.31. The fourth-order valence-corrected chi connectivity index (χ4v) is 5.73. The Morgan fingerprint density at radius 2 is 1.53 bits per heavy atom. The SMILES string of the molecule is CCCCCCCOc1ccc(OC(=O)c2cc3cc(CCCCC)sc3s2)cc1. The molecule has 0 amide bonds. The summed E-state index contributed by atoms with van der Waals surface area (Å²) in [7, 11) is 0. The number of fused-ring (bicyclic) bond motifs is 1. The highest BCUT2D eigenvalue weighted by molar-refractivity contribution is 7.39. The minimum atomic E-state index is -0.291. The van der Waals surface area contributed by atoms with Gasteiger partial charge in [0.15, 0.2) is 0 Å². The fraction of sp³-hybridized carbons (Fsp3) is 0.480. The molecule has 3 nitrogen and oxygen atoms in total. The van der Waals surface area contributed by atoms with Crippen LogP contribution in [0.2, 0.25) is 0 Å². The van der Waals surface area contributed by atoms with E-state index in [1.807, 2.05) is 18.2 Å². The number of carbonyl (C=O) groups is 1. The second-order valence-electron chi connectivity index (χ2n) is 7.65. The van der Waals surface area contributed by atoms with Gasteiger partial charge in [0.2, 0.25) is 0 Å². The number of thiophene rings is 2. The van der Waals surface area contributed by atoms with Crippen molar-refractivity contribution in [2.75, 3.05) is 6.61 Å². The van der Waals surface area contributed by atoms with E-state index in [2.05, 4.69) is 19.9 Å². The van der Waals surface area contributed by atoms with E-state index in [9.17, 15) is 4.79 Å². The summed E-state index contributed by atoms with van der Waals surface area (Å²) in [4.78, 5) is 14.6. The van der Waals surface area contributed by atoms with Gasteiger partial charge in [-0.3, -0.25) is 0 Å². The summed E-state index contributed by atoms with van der Waals surface area (Å²) in [6.07, 6.45) is 11.0. The normalized spacial score (nSPS) is 11.1. The molecule has 0 spiro atoms. The lowest BCUT2D eigenvalue weighted by Crippen LogP contribution is -2.06. The molecule has 0 atom stereocenters. The number of ether oxygens (including phenoxy) is 2. The van der Waals surface area contributed by atoms with Gasteiger partial charge in [0.05, 0.1) is 10.6 Å². The van der Waals surface area contributed by atoms with Gasteiger partial charge >= 0.3 is 5.97 Å². The number of esters is 1. The zero-order valence-corrected chi connectivity index (χ0v) is 19.7. The van der Waals surface area contributed by atoms with Gasteiger partial charge in [-0.1, -0.05) is 52.4 Å². The minimum absolute atomic E-state index is 0.291. The molecule has 0 saturated heterocycles. The summed E-state index contributed by atoms with van der Waals surface area (Å²) in [6, 6.07) is 11.5. The van der Waals surface area contributed by atoms with Gasteiger partial charge in [0.1, 0.15) is 16.4 Å². The molecule has 2 heterocycles. The third kappa shape index (κ3) is 6.85. The fourth-order valence-electron chi connectivity index (χ4n) is 3.32. The van der Waals surface area contributed by atoms with E-state index in [1.54, 1.807) is 23.5 Å². The lowest BCUT2D eigenvalue weighted by Gasteiger charge is -2.07. The Labute approximate surface area is 188 Å². The van der Waals surface area contributed by atoms with Crippen LogP contribution in [0.15, 0.2) is 36.4 Å². The number of rotatable bonds is 13. The molecule has 0 fully saturated rings. The molecule has 0 radical (unpaired) electrons. The van der Waals surface area contributed by atoms with Gasteiger partial charge in [-0.2, -0.15) is 0 Å². The van der Waals surface area contributed by atoms with Crippen molar-refractivity contribution in [2.45, 2.75) is 71.6 Å². The zero-order valence-electron chi connectivity index (χ0n) is 18.1. The van der Waals surface area contributed by atoms with E-state index in [4.69, 9.17) is 9.47 Å². The van der Waals surface area contributed by atoms with E-state index in [0.717, 1.165) is 30.6 Å². The van der Waals surface area contributed by atoms with Crippen molar-refractivity contribution < 1.29 is 14.3 Å². The van der Waals surface area contributed by atoms with Crippen LogP contribution in [0.3, 0.4) is 0 Å². The molecular formula is C25H32O3S2. The van der Waals surface area contributed by atoms with Crippen molar-refractivity contribution in [1.82, 2.24) is 0 Å². The number of carbonyl (C=O) groups excluding carboxylic acids is 1. The lowest BCUT2D eigenvalue weighted by molar-refractivity contribution is 0.0739. The van der Waals surface area contributed by atoms with Crippen LogP contribution in [0.4, 0.5) is 0 Å². The molecule has 30 heavy (non-hydrogen) atoms. The molecule has 162 valence electrons. The molecule has 1 aromatic carbocycles. The molecule has 0 unspecified atom stereocenters. The van der Waals surface area contributed by atoms with E-state index in [0.29, 0.717) is 10.6 Å². The number of aryl methyl sites for hydroxylation is 1. The van der Waals surface area contributed by atoms with Crippen LogP contribution in [-0.2, 0) is 6.42 Å². The van der Waals surface area contributed by atoms with Gasteiger partial charge < -0.3 is 9.47 Å². The summed E-state index contributed by atoms with van der Waals surface area (Å²) in [6.45, 7) is 5.17. The maximum Gasteiger partial charge on any atom is 0.353 e. The lowest BCUT2D eigenvalue weighted by atomic mass is 10.2. The maximum atomic E-state index is 12.5. The van der Waals surface area contributed by atoms with Crippen LogP contribution in [0.1, 0.15) is 79.8 Å². The molecule has 3 aromatic rings. The number of hydrogen-bond donors (Lipinski definition) is 0. The standard InChI is InChI=1S/C25H32O3S2/c1-3-5-7-8-10-16-27-20-12-14-21(15-13-20)28-24(26)23-18-19-17-22(11-9-6-4-2)29-25(19)30-23/h12-15,17-18H,3-11,16H2,1-2H3. The first-order valence-corrected chi connectivity index (χ1v) is 12.8. The van der Waals surface area contributed by atoms with Crippen LogP contribution >= 0.6 is 22.7 Å². The molecular weight excluding hydrogens is 412 g/mol. The highest BCUT2D eigenvalue weighted by atomic mass is 32.2. The third-order valence-electron chi connectivity index (χ3n) is 5.04. The quantitative estimate of drug-likeness (QED) is 0.151. The van der Waals surface area contributed by atoms with Crippen molar-refractivity contribution in [3.63, 3.8) is 0 Å². The van der Waals surface area contributed by atoms with Crippen LogP contribution in [0.25, 0.3) is 9.40 Å². The largest absolute Gasteiger partial charge is 0.494 e. The Balaban J connectivity index is 1.47. The molecule has 0 saturated carbocycles. The molecule has 0 aliphatic carbocycles. The summed E-state index contributed by atoms with van der Waals surface area (Å²) in [5, 5.41) is 1.16. The monoisotopic (exact) mass is 444 g/mol. The zero-order chi connectivity index (χ0) is 21.2. The van der Waals surface area contributed by atoms with Crippen LogP contribution < -0.4 is 9.47 Å². The predicted molar refractivity (Wildman–Crippen MR) is 129 cm³/mol. The van der Waals surface area contributed by atoms with Crippen molar-refractivity contribution in [1.29, 1.82) is 0 Å². The summed E-state index contributed by atoms with van der Waals surface area (Å²) < 4.78 is 12.5. The summed E-state index contributed by atoms with van der Waals surface area (Å²) in [5.41, 5.74) is 0. The Hall–Kier alpha value is -1.85. The Morgan fingerprint density at radius 3 is 2.27 bits per heavy atom. The minimum Gasteiger partial charge on any atom is -0.494 e. The van der Waals surface area contributed by atoms with Crippen LogP contribution in [0, 0.1) is 0 Å². The molecule has 2 aromatic heterocycles. The van der Waals surface area contributed by atoms with Crippen molar-refractivity contribution in [3.05, 3.63) is 46.2 Å². The van der Waals surface area contributed by atoms with E-state index in [-0.39, 0.29) is 5.97 Å². The molecule has 0 bridgehead atoms. The molecule has 0 aliphatic rings. The van der Waals surface area contributed by atoms with Crippen molar-refractivity contribution in [2.24, 2.45) is 0 Å². The number of unbranched alkanes of at least 4 members (excludes halogenated alkanes) is 6. The van der Waals surface area contributed by atoms with Gasteiger partial charge in [0, 0.05) is 10.3 Å². The van der Waals surface area contributed by atoms with Crippen LogP contribution in [0.5, 0.6) is 11.5 Å². The Bertz CT molecular complexity index is 877. The molecule has 0 N–H and O–H groups in total. The highest BCUT2D eigenvalue weighted by Gasteiger charge is 2.15. The topological polar surface area (TPSA) is 35.5 Å². The summed E-state index contributed by atoms with van der Waals surface area (Å²) >= 11 is 3.33. The van der Waals surface area contributed by atoms with Crippen LogP contribution in [-0.4, -0.2) is 12.6 Å². The number of benzene rings is 1.